The van der Waals surface area contributed by atoms with Crippen molar-refractivity contribution in [1.29, 1.82) is 0 Å². The van der Waals surface area contributed by atoms with E-state index in [0.717, 1.165) is 20.1 Å². The molecular formula is C28H17Br2Cl2N3O2. The predicted octanol–water partition coefficient (Wildman–Crippen LogP) is 8.36. The predicted molar refractivity (Wildman–Crippen MR) is 157 cm³/mol. The standard InChI is InChI=1S/C28H17Br2Cl2N3O2/c29-20-11-10-19(22(30)14-20)16-37-26-23(31)12-17(13-24(26)32)15-33-35-27(18-6-2-1-3-7-18)34-25-9-5-4-8-21(25)28(35)36/h1-15H,16H2. The van der Waals surface area contributed by atoms with Crippen LogP contribution in [-0.2, 0) is 6.61 Å². The van der Waals surface area contributed by atoms with Crippen LogP contribution in [0, 0.1) is 0 Å². The van der Waals surface area contributed by atoms with Gasteiger partial charge in [0.15, 0.2) is 11.6 Å². The second kappa shape index (κ2) is 11.2. The Morgan fingerprint density at radius 2 is 1.62 bits per heavy atom. The van der Waals surface area contributed by atoms with E-state index < -0.39 is 0 Å². The van der Waals surface area contributed by atoms with Crippen molar-refractivity contribution >= 4 is 72.2 Å². The molecule has 0 aliphatic heterocycles. The third-order valence-electron chi connectivity index (χ3n) is 5.52. The van der Waals surface area contributed by atoms with Gasteiger partial charge in [0.05, 0.1) is 27.2 Å². The van der Waals surface area contributed by atoms with Gasteiger partial charge in [0.1, 0.15) is 6.61 Å². The molecule has 0 amide bonds. The van der Waals surface area contributed by atoms with Crippen LogP contribution in [0.3, 0.4) is 0 Å². The zero-order valence-electron chi connectivity index (χ0n) is 19.0. The Balaban J connectivity index is 1.48. The molecule has 0 atom stereocenters. The van der Waals surface area contributed by atoms with Crippen molar-refractivity contribution in [3.8, 4) is 17.1 Å². The second-order valence-electron chi connectivity index (χ2n) is 8.02. The lowest BCUT2D eigenvalue weighted by Crippen LogP contribution is -2.20. The molecular weight excluding hydrogens is 641 g/mol. The molecule has 5 rings (SSSR count). The average Bonchev–Trinajstić information content (AvgIpc) is 2.89. The molecule has 0 saturated carbocycles. The van der Waals surface area contributed by atoms with Crippen molar-refractivity contribution in [2.24, 2.45) is 5.10 Å². The van der Waals surface area contributed by atoms with Crippen LogP contribution in [0.5, 0.6) is 5.75 Å². The lowest BCUT2D eigenvalue weighted by atomic mass is 10.2. The van der Waals surface area contributed by atoms with Crippen LogP contribution in [0.1, 0.15) is 11.1 Å². The summed E-state index contributed by atoms with van der Waals surface area (Å²) < 4.78 is 9.07. The first-order valence-electron chi connectivity index (χ1n) is 11.1. The first-order valence-corrected chi connectivity index (χ1v) is 13.4. The van der Waals surface area contributed by atoms with Gasteiger partial charge in [-0.3, -0.25) is 4.79 Å². The molecule has 0 spiro atoms. The molecule has 0 fully saturated rings. The summed E-state index contributed by atoms with van der Waals surface area (Å²) in [5.41, 5.74) is 2.63. The van der Waals surface area contributed by atoms with Crippen molar-refractivity contribution in [2.75, 3.05) is 0 Å². The highest BCUT2D eigenvalue weighted by atomic mass is 79.9. The van der Waals surface area contributed by atoms with Gasteiger partial charge in [-0.05, 0) is 42.0 Å². The van der Waals surface area contributed by atoms with Gasteiger partial charge in [0, 0.05) is 20.1 Å². The highest BCUT2D eigenvalue weighted by molar-refractivity contribution is 9.11. The molecule has 37 heavy (non-hydrogen) atoms. The maximum absolute atomic E-state index is 13.3. The smallest absolute Gasteiger partial charge is 0.282 e. The third kappa shape index (κ3) is 5.65. The third-order valence-corrected chi connectivity index (χ3v) is 7.31. The van der Waals surface area contributed by atoms with Gasteiger partial charge in [0.25, 0.3) is 5.56 Å². The Hall–Kier alpha value is -2.97. The van der Waals surface area contributed by atoms with Gasteiger partial charge >= 0.3 is 0 Å². The van der Waals surface area contributed by atoms with E-state index in [2.05, 4.69) is 37.0 Å². The zero-order valence-corrected chi connectivity index (χ0v) is 23.7. The summed E-state index contributed by atoms with van der Waals surface area (Å²) in [5.74, 6) is 0.794. The van der Waals surface area contributed by atoms with E-state index in [1.807, 2.05) is 60.7 Å². The fraction of sp³-hybridized carbons (Fsp3) is 0.0357. The Labute approximate surface area is 239 Å². The van der Waals surface area contributed by atoms with E-state index in [4.69, 9.17) is 32.9 Å². The van der Waals surface area contributed by atoms with Gasteiger partial charge in [-0.15, -0.1) is 0 Å². The van der Waals surface area contributed by atoms with Crippen molar-refractivity contribution in [3.63, 3.8) is 0 Å². The van der Waals surface area contributed by atoms with Crippen molar-refractivity contribution in [3.05, 3.63) is 125 Å². The van der Waals surface area contributed by atoms with Gasteiger partial charge in [-0.1, -0.05) is 104 Å². The number of ether oxygens (including phenoxy) is 1. The Morgan fingerprint density at radius 1 is 0.919 bits per heavy atom. The van der Waals surface area contributed by atoms with Crippen LogP contribution >= 0.6 is 55.1 Å². The summed E-state index contributed by atoms with van der Waals surface area (Å²) >= 11 is 20.0. The van der Waals surface area contributed by atoms with Crippen LogP contribution in [-0.4, -0.2) is 15.9 Å². The SMILES string of the molecule is O=c1c2ccccc2nc(-c2ccccc2)n1N=Cc1cc(Cl)c(OCc2ccc(Br)cc2Br)c(Cl)c1. The first-order chi connectivity index (χ1) is 17.9. The number of hydrogen-bond acceptors (Lipinski definition) is 4. The Morgan fingerprint density at radius 3 is 2.35 bits per heavy atom. The maximum Gasteiger partial charge on any atom is 0.282 e. The molecule has 1 heterocycles. The molecule has 5 aromatic rings. The minimum Gasteiger partial charge on any atom is -0.486 e. The molecule has 184 valence electrons. The van der Waals surface area contributed by atoms with Gasteiger partial charge in [-0.2, -0.15) is 9.78 Å². The van der Waals surface area contributed by atoms with Gasteiger partial charge in [-0.25, -0.2) is 4.98 Å². The summed E-state index contributed by atoms with van der Waals surface area (Å²) in [6, 6.07) is 25.8. The van der Waals surface area contributed by atoms with E-state index in [1.54, 1.807) is 24.3 Å². The van der Waals surface area contributed by atoms with E-state index in [0.29, 0.717) is 38.1 Å². The Bertz CT molecular complexity index is 1680. The topological polar surface area (TPSA) is 56.5 Å². The molecule has 9 heteroatoms. The number of fused-ring (bicyclic) bond motifs is 1. The highest BCUT2D eigenvalue weighted by Crippen LogP contribution is 2.35. The first kappa shape index (κ1) is 25.7. The summed E-state index contributed by atoms with van der Waals surface area (Å²) in [7, 11) is 0. The molecule has 0 aliphatic carbocycles. The van der Waals surface area contributed by atoms with Crippen molar-refractivity contribution in [1.82, 2.24) is 9.66 Å². The number of hydrogen-bond donors (Lipinski definition) is 0. The monoisotopic (exact) mass is 655 g/mol. The van der Waals surface area contributed by atoms with E-state index in [9.17, 15) is 4.79 Å². The highest BCUT2D eigenvalue weighted by Gasteiger charge is 2.14. The van der Waals surface area contributed by atoms with Crippen molar-refractivity contribution in [2.45, 2.75) is 6.61 Å². The summed E-state index contributed by atoms with van der Waals surface area (Å²) in [5, 5.41) is 5.60. The molecule has 5 nitrogen and oxygen atoms in total. The number of halogens is 4. The minimum atomic E-state index is -0.280. The van der Waals surface area contributed by atoms with Crippen LogP contribution in [0.15, 0.2) is 104 Å². The Kier molecular flexibility index (Phi) is 7.76. The summed E-state index contributed by atoms with van der Waals surface area (Å²) in [4.78, 5) is 18.0. The molecule has 0 saturated heterocycles. The lowest BCUT2D eigenvalue weighted by molar-refractivity contribution is 0.306. The number of para-hydroxylation sites is 1. The number of rotatable bonds is 6. The van der Waals surface area contributed by atoms with Gasteiger partial charge in [0.2, 0.25) is 0 Å². The molecule has 0 N–H and O–H groups in total. The number of nitrogens with zero attached hydrogens (tertiary/aromatic N) is 3. The van der Waals surface area contributed by atoms with Crippen LogP contribution in [0.4, 0.5) is 0 Å². The maximum atomic E-state index is 13.3. The lowest BCUT2D eigenvalue weighted by Gasteiger charge is -2.12. The van der Waals surface area contributed by atoms with Crippen molar-refractivity contribution < 1.29 is 4.74 Å². The largest absolute Gasteiger partial charge is 0.486 e. The minimum absolute atomic E-state index is 0.277. The van der Waals surface area contributed by atoms with Crippen LogP contribution < -0.4 is 10.3 Å². The molecule has 0 unspecified atom stereocenters. The van der Waals surface area contributed by atoms with Gasteiger partial charge < -0.3 is 4.74 Å². The fourth-order valence-corrected chi connectivity index (χ4v) is 5.48. The number of aromatic nitrogens is 2. The molecule has 1 aromatic heterocycles. The summed E-state index contributed by atoms with van der Waals surface area (Å²) in [6.07, 6.45) is 1.52. The molecule has 0 radical (unpaired) electrons. The summed E-state index contributed by atoms with van der Waals surface area (Å²) in [6.45, 7) is 0.277. The van der Waals surface area contributed by atoms with E-state index in [-0.39, 0.29) is 12.2 Å². The van der Waals surface area contributed by atoms with Crippen LogP contribution in [0.25, 0.3) is 22.3 Å². The normalized spacial score (nSPS) is 11.4. The van der Waals surface area contributed by atoms with E-state index >= 15 is 0 Å². The average molecular weight is 658 g/mol. The fourth-order valence-electron chi connectivity index (χ4n) is 3.71. The van der Waals surface area contributed by atoms with Crippen LogP contribution in [0.2, 0.25) is 10.0 Å². The molecule has 0 bridgehead atoms. The zero-order chi connectivity index (χ0) is 25.9. The molecule has 0 aliphatic rings. The quantitative estimate of drug-likeness (QED) is 0.173. The molecule has 4 aromatic carbocycles. The van der Waals surface area contributed by atoms with E-state index in [1.165, 1.54) is 10.9 Å². The number of benzene rings is 4. The second-order valence-corrected chi connectivity index (χ2v) is 10.6.